The van der Waals surface area contributed by atoms with E-state index in [4.69, 9.17) is 4.74 Å². The van der Waals surface area contributed by atoms with Crippen LogP contribution < -0.4 is 10.6 Å². The molecule has 1 amide bonds. The molecule has 0 radical (unpaired) electrons. The molecule has 0 unspecified atom stereocenters. The molecule has 1 heterocycles. The summed E-state index contributed by atoms with van der Waals surface area (Å²) in [4.78, 5) is 20.7. The van der Waals surface area contributed by atoms with Gasteiger partial charge in [0.15, 0.2) is 0 Å². The summed E-state index contributed by atoms with van der Waals surface area (Å²) in [6.45, 7) is 8.07. The molecule has 1 aromatic carbocycles. The van der Waals surface area contributed by atoms with Gasteiger partial charge in [0.1, 0.15) is 5.60 Å². The molecule has 0 aliphatic heterocycles. The van der Waals surface area contributed by atoms with Crippen molar-refractivity contribution >= 4 is 6.09 Å². The first kappa shape index (κ1) is 21.8. The van der Waals surface area contributed by atoms with Gasteiger partial charge < -0.3 is 20.5 Å². The maximum absolute atomic E-state index is 12.2. The van der Waals surface area contributed by atoms with Gasteiger partial charge in [-0.05, 0) is 39.7 Å². The maximum Gasteiger partial charge on any atom is 0.407 e. The Morgan fingerprint density at radius 3 is 2.50 bits per heavy atom. The van der Waals surface area contributed by atoms with Gasteiger partial charge in [0, 0.05) is 25.5 Å². The van der Waals surface area contributed by atoms with E-state index in [9.17, 15) is 9.90 Å². The Morgan fingerprint density at radius 1 is 1.18 bits per heavy atom. The lowest BCUT2D eigenvalue weighted by Gasteiger charge is -2.27. The van der Waals surface area contributed by atoms with Crippen LogP contribution in [0.1, 0.15) is 37.7 Å². The van der Waals surface area contributed by atoms with Gasteiger partial charge in [-0.15, -0.1) is 0 Å². The van der Waals surface area contributed by atoms with Crippen LogP contribution in [0.3, 0.4) is 0 Å². The second-order valence-electron chi connectivity index (χ2n) is 7.79. The Morgan fingerprint density at radius 2 is 1.89 bits per heavy atom. The normalized spacial score (nSPS) is 13.6. The minimum Gasteiger partial charge on any atom is -0.444 e. The molecule has 7 heteroatoms. The number of nitrogens with zero attached hydrogens (tertiary/aromatic N) is 2. The molecule has 28 heavy (non-hydrogen) atoms. The molecular weight excluding hydrogens is 356 g/mol. The number of aryl methyl sites for hydroxylation is 1. The van der Waals surface area contributed by atoms with Crippen molar-refractivity contribution in [2.24, 2.45) is 0 Å². The standard InChI is InChI=1S/C21H30N4O3/c1-15-11-24-17(13-23-15)12-22-14-19(26)18(10-16-8-6-5-7-9-16)25-20(27)28-21(2,3)4/h5-9,11,13,18-19,22,26H,10,12,14H2,1-4H3,(H,25,27)/t18-,19-/m0/s1. The van der Waals surface area contributed by atoms with Gasteiger partial charge in [-0.1, -0.05) is 30.3 Å². The zero-order valence-electron chi connectivity index (χ0n) is 17.0. The molecule has 2 atom stereocenters. The fourth-order valence-corrected chi connectivity index (χ4v) is 2.61. The highest BCUT2D eigenvalue weighted by atomic mass is 16.6. The van der Waals surface area contributed by atoms with Gasteiger partial charge in [0.25, 0.3) is 0 Å². The molecule has 0 saturated carbocycles. The minimum atomic E-state index is -0.800. The van der Waals surface area contributed by atoms with Gasteiger partial charge in [-0.3, -0.25) is 9.97 Å². The molecule has 7 nitrogen and oxygen atoms in total. The third-order valence-corrected chi connectivity index (χ3v) is 3.96. The molecule has 0 fully saturated rings. The average molecular weight is 386 g/mol. The fourth-order valence-electron chi connectivity index (χ4n) is 2.61. The van der Waals surface area contributed by atoms with Crippen molar-refractivity contribution in [2.45, 2.75) is 58.4 Å². The number of benzene rings is 1. The van der Waals surface area contributed by atoms with E-state index in [0.29, 0.717) is 19.5 Å². The Kier molecular flexibility index (Phi) is 7.90. The van der Waals surface area contributed by atoms with Crippen LogP contribution in [0.4, 0.5) is 4.79 Å². The van der Waals surface area contributed by atoms with Gasteiger partial charge in [0.2, 0.25) is 0 Å². The van der Waals surface area contributed by atoms with Crippen molar-refractivity contribution in [2.75, 3.05) is 6.54 Å². The van der Waals surface area contributed by atoms with Crippen LogP contribution in [0, 0.1) is 6.92 Å². The smallest absolute Gasteiger partial charge is 0.407 e. The summed E-state index contributed by atoms with van der Waals surface area (Å²) in [6.07, 6.45) is 2.56. The van der Waals surface area contributed by atoms with Crippen molar-refractivity contribution in [3.05, 3.63) is 59.7 Å². The number of carbonyl (C=O) groups excluding carboxylic acids is 1. The van der Waals surface area contributed by atoms with Crippen molar-refractivity contribution < 1.29 is 14.6 Å². The number of nitrogens with one attached hydrogen (secondary N) is 2. The Balaban J connectivity index is 1.95. The van der Waals surface area contributed by atoms with Gasteiger partial charge in [0.05, 0.1) is 23.5 Å². The van der Waals surface area contributed by atoms with E-state index < -0.39 is 23.8 Å². The SMILES string of the molecule is Cc1cnc(CNC[C@H](O)[C@H](Cc2ccccc2)NC(=O)OC(C)(C)C)cn1. The van der Waals surface area contributed by atoms with Crippen LogP contribution in [0.2, 0.25) is 0 Å². The number of ether oxygens (including phenoxy) is 1. The molecule has 0 aliphatic carbocycles. The lowest BCUT2D eigenvalue weighted by Crippen LogP contribution is -2.49. The third kappa shape index (κ3) is 8.02. The number of carbonyl (C=O) groups is 1. The van der Waals surface area contributed by atoms with E-state index in [1.807, 2.05) is 37.3 Å². The van der Waals surface area contributed by atoms with Crippen LogP contribution >= 0.6 is 0 Å². The van der Waals surface area contributed by atoms with Crippen molar-refractivity contribution in [1.29, 1.82) is 0 Å². The van der Waals surface area contributed by atoms with Crippen LogP contribution in [0.15, 0.2) is 42.7 Å². The first-order valence-electron chi connectivity index (χ1n) is 9.42. The molecule has 0 spiro atoms. The molecule has 0 bridgehead atoms. The van der Waals surface area contributed by atoms with Gasteiger partial charge >= 0.3 is 6.09 Å². The largest absolute Gasteiger partial charge is 0.444 e. The highest BCUT2D eigenvalue weighted by Crippen LogP contribution is 2.10. The molecule has 3 N–H and O–H groups in total. The van der Waals surface area contributed by atoms with E-state index in [1.165, 1.54) is 0 Å². The molecule has 1 aromatic heterocycles. The summed E-state index contributed by atoms with van der Waals surface area (Å²) in [6, 6.07) is 9.23. The molecule has 0 saturated heterocycles. The maximum atomic E-state index is 12.2. The van der Waals surface area contributed by atoms with Crippen LogP contribution in [-0.4, -0.2) is 45.5 Å². The Hall–Kier alpha value is -2.51. The zero-order chi connectivity index (χ0) is 20.6. The predicted octanol–water partition coefficient (Wildman–Crippen LogP) is 2.37. The van der Waals surface area contributed by atoms with Gasteiger partial charge in [-0.2, -0.15) is 0 Å². The first-order valence-corrected chi connectivity index (χ1v) is 9.42. The molecular formula is C21H30N4O3. The average Bonchev–Trinajstić information content (AvgIpc) is 2.62. The quantitative estimate of drug-likeness (QED) is 0.645. The molecule has 0 aliphatic rings. The Bertz CT molecular complexity index is 730. The highest BCUT2D eigenvalue weighted by molar-refractivity contribution is 5.68. The molecule has 152 valence electrons. The van der Waals surface area contributed by atoms with E-state index in [1.54, 1.807) is 33.2 Å². The van der Waals surface area contributed by atoms with E-state index in [0.717, 1.165) is 17.0 Å². The van der Waals surface area contributed by atoms with E-state index in [-0.39, 0.29) is 0 Å². The highest BCUT2D eigenvalue weighted by Gasteiger charge is 2.24. The topological polar surface area (TPSA) is 96.4 Å². The van der Waals surface area contributed by atoms with Crippen LogP contribution in [0.25, 0.3) is 0 Å². The lowest BCUT2D eigenvalue weighted by molar-refractivity contribution is 0.0422. The summed E-state index contributed by atoms with van der Waals surface area (Å²) >= 11 is 0. The number of rotatable bonds is 8. The number of alkyl carbamates (subject to hydrolysis) is 1. The summed E-state index contributed by atoms with van der Waals surface area (Å²) in [7, 11) is 0. The van der Waals surface area contributed by atoms with Crippen molar-refractivity contribution in [1.82, 2.24) is 20.6 Å². The molecule has 2 aromatic rings. The lowest BCUT2D eigenvalue weighted by atomic mass is 10.0. The Labute approximate surface area is 166 Å². The van der Waals surface area contributed by atoms with Crippen molar-refractivity contribution in [3.8, 4) is 0 Å². The van der Waals surface area contributed by atoms with Crippen molar-refractivity contribution in [3.63, 3.8) is 0 Å². The zero-order valence-corrected chi connectivity index (χ0v) is 17.0. The minimum absolute atomic E-state index is 0.294. The second-order valence-corrected chi connectivity index (χ2v) is 7.79. The summed E-state index contributed by atoms with van der Waals surface area (Å²) in [5, 5.41) is 16.6. The summed E-state index contributed by atoms with van der Waals surface area (Å²) in [5.74, 6) is 0. The summed E-state index contributed by atoms with van der Waals surface area (Å²) in [5.41, 5.74) is 2.06. The third-order valence-electron chi connectivity index (χ3n) is 3.96. The van der Waals surface area contributed by atoms with E-state index >= 15 is 0 Å². The summed E-state index contributed by atoms with van der Waals surface area (Å²) < 4.78 is 5.34. The predicted molar refractivity (Wildman–Crippen MR) is 108 cm³/mol. The number of hydrogen-bond acceptors (Lipinski definition) is 6. The van der Waals surface area contributed by atoms with E-state index in [2.05, 4.69) is 20.6 Å². The number of aliphatic hydroxyl groups is 1. The monoisotopic (exact) mass is 386 g/mol. The fraction of sp³-hybridized carbons (Fsp3) is 0.476. The van der Waals surface area contributed by atoms with Crippen LogP contribution in [-0.2, 0) is 17.7 Å². The first-order chi connectivity index (χ1) is 13.2. The van der Waals surface area contributed by atoms with Crippen LogP contribution in [0.5, 0.6) is 0 Å². The molecule has 2 rings (SSSR count). The number of aliphatic hydroxyl groups excluding tert-OH is 1. The number of hydrogen-bond donors (Lipinski definition) is 3. The second kappa shape index (κ2) is 10.1. The number of aromatic nitrogens is 2. The van der Waals surface area contributed by atoms with Gasteiger partial charge in [-0.25, -0.2) is 4.79 Å². The number of amides is 1.